The minimum Gasteiger partial charge on any atom is -0.380 e. The second-order valence-electron chi connectivity index (χ2n) is 4.17. The maximum Gasteiger partial charge on any atom is 0.147 e. The second kappa shape index (κ2) is 6.74. The topological polar surface area (TPSA) is 12.0 Å². The van der Waals surface area contributed by atoms with Gasteiger partial charge in [0.1, 0.15) is 5.82 Å². The Hall–Kier alpha value is -0.760. The first-order valence-corrected chi connectivity index (χ1v) is 6.23. The number of halogens is 2. The van der Waals surface area contributed by atoms with Gasteiger partial charge in [-0.2, -0.15) is 0 Å². The normalized spacial score (nSPS) is 12.5. The van der Waals surface area contributed by atoms with E-state index in [0.717, 1.165) is 6.42 Å². The molecule has 0 amide bonds. The number of nitrogens with one attached hydrogen (secondary N) is 1. The Morgan fingerprint density at radius 2 is 2.12 bits per heavy atom. The van der Waals surface area contributed by atoms with Gasteiger partial charge in [-0.05, 0) is 31.5 Å². The van der Waals surface area contributed by atoms with Crippen LogP contribution in [0.1, 0.15) is 39.5 Å². The van der Waals surface area contributed by atoms with Gasteiger partial charge in [0.05, 0.1) is 5.69 Å². The predicted octanol–water partition coefficient (Wildman–Crippen LogP) is 4.86. The Morgan fingerprint density at radius 3 is 2.75 bits per heavy atom. The van der Waals surface area contributed by atoms with E-state index in [9.17, 15) is 4.39 Å². The summed E-state index contributed by atoms with van der Waals surface area (Å²) in [6.45, 7) is 4.25. The molecule has 1 aromatic carbocycles. The minimum absolute atomic E-state index is 0.283. The summed E-state index contributed by atoms with van der Waals surface area (Å²) < 4.78 is 13.5. The van der Waals surface area contributed by atoms with Crippen LogP contribution in [0.25, 0.3) is 0 Å². The molecule has 0 spiro atoms. The summed E-state index contributed by atoms with van der Waals surface area (Å²) in [6.07, 6.45) is 4.69. The number of hydrogen-bond acceptors (Lipinski definition) is 1. The fourth-order valence-corrected chi connectivity index (χ4v) is 1.80. The Kier molecular flexibility index (Phi) is 5.61. The lowest BCUT2D eigenvalue weighted by Gasteiger charge is -2.15. The van der Waals surface area contributed by atoms with Crippen LogP contribution in [0.15, 0.2) is 18.2 Å². The smallest absolute Gasteiger partial charge is 0.147 e. The molecule has 1 nitrogen and oxygen atoms in total. The molecule has 0 radical (unpaired) electrons. The third kappa shape index (κ3) is 4.40. The van der Waals surface area contributed by atoms with E-state index < -0.39 is 0 Å². The summed E-state index contributed by atoms with van der Waals surface area (Å²) in [4.78, 5) is 0. The first-order chi connectivity index (χ1) is 7.63. The molecule has 0 fully saturated rings. The van der Waals surface area contributed by atoms with E-state index in [4.69, 9.17) is 11.6 Å². The van der Waals surface area contributed by atoms with Crippen molar-refractivity contribution >= 4 is 17.3 Å². The molecular formula is C13H19ClFN. The monoisotopic (exact) mass is 243 g/mol. The molecule has 0 aliphatic heterocycles. The van der Waals surface area contributed by atoms with Crippen LogP contribution in [0.4, 0.5) is 10.1 Å². The Bertz CT molecular complexity index is 328. The van der Waals surface area contributed by atoms with Gasteiger partial charge in [-0.25, -0.2) is 4.39 Å². The lowest BCUT2D eigenvalue weighted by atomic mass is 10.1. The quantitative estimate of drug-likeness (QED) is 0.704. The molecule has 1 unspecified atom stereocenters. The maximum absolute atomic E-state index is 13.5. The Labute approximate surface area is 102 Å². The minimum atomic E-state index is -0.283. The van der Waals surface area contributed by atoms with Gasteiger partial charge in [0.25, 0.3) is 0 Å². The zero-order valence-electron chi connectivity index (χ0n) is 9.89. The summed E-state index contributed by atoms with van der Waals surface area (Å²) in [5.41, 5.74) is 0.536. The molecule has 0 saturated carbocycles. The van der Waals surface area contributed by atoms with E-state index in [1.54, 1.807) is 12.1 Å². The van der Waals surface area contributed by atoms with Crippen molar-refractivity contribution in [2.45, 2.75) is 45.6 Å². The van der Waals surface area contributed by atoms with Crippen LogP contribution in [0.5, 0.6) is 0 Å². The van der Waals surface area contributed by atoms with Crippen LogP contribution in [-0.2, 0) is 0 Å². The van der Waals surface area contributed by atoms with Crippen molar-refractivity contribution in [3.63, 3.8) is 0 Å². The van der Waals surface area contributed by atoms with E-state index in [2.05, 4.69) is 19.2 Å². The van der Waals surface area contributed by atoms with Gasteiger partial charge in [-0.3, -0.25) is 0 Å². The van der Waals surface area contributed by atoms with Crippen molar-refractivity contribution < 1.29 is 4.39 Å². The molecule has 1 N–H and O–H groups in total. The molecule has 0 saturated heterocycles. The molecule has 0 bridgehead atoms. The number of unbranched alkanes of at least 4 members (excludes halogenated alkanes) is 2. The summed E-state index contributed by atoms with van der Waals surface area (Å²) in [5, 5.41) is 3.59. The molecule has 0 aliphatic rings. The highest BCUT2D eigenvalue weighted by molar-refractivity contribution is 6.30. The van der Waals surface area contributed by atoms with Crippen LogP contribution in [0, 0.1) is 5.82 Å². The van der Waals surface area contributed by atoms with Crippen LogP contribution in [0.2, 0.25) is 5.02 Å². The molecule has 1 rings (SSSR count). The molecule has 1 aromatic rings. The highest BCUT2D eigenvalue weighted by Crippen LogP contribution is 2.20. The summed E-state index contributed by atoms with van der Waals surface area (Å²) in [6, 6.07) is 5.02. The third-order valence-electron chi connectivity index (χ3n) is 2.57. The molecule has 0 aliphatic carbocycles. The average Bonchev–Trinajstić information content (AvgIpc) is 2.23. The first-order valence-electron chi connectivity index (χ1n) is 5.85. The zero-order valence-corrected chi connectivity index (χ0v) is 10.6. The van der Waals surface area contributed by atoms with Crippen LogP contribution < -0.4 is 5.32 Å². The second-order valence-corrected chi connectivity index (χ2v) is 4.60. The van der Waals surface area contributed by atoms with Gasteiger partial charge in [-0.15, -0.1) is 0 Å². The molecule has 1 atom stereocenters. The van der Waals surface area contributed by atoms with Gasteiger partial charge in [0.2, 0.25) is 0 Å². The van der Waals surface area contributed by atoms with E-state index >= 15 is 0 Å². The van der Waals surface area contributed by atoms with Gasteiger partial charge in [-0.1, -0.05) is 37.8 Å². The Balaban J connectivity index is 2.46. The van der Waals surface area contributed by atoms with Crippen molar-refractivity contribution in [2.75, 3.05) is 5.32 Å². The van der Waals surface area contributed by atoms with Crippen molar-refractivity contribution in [1.82, 2.24) is 0 Å². The third-order valence-corrected chi connectivity index (χ3v) is 2.81. The lowest BCUT2D eigenvalue weighted by molar-refractivity contribution is 0.600. The van der Waals surface area contributed by atoms with Crippen LogP contribution >= 0.6 is 11.6 Å². The molecular weight excluding hydrogens is 225 g/mol. The highest BCUT2D eigenvalue weighted by atomic mass is 35.5. The molecule has 90 valence electrons. The SMILES string of the molecule is CCCCCC(C)Nc1ccc(Cl)cc1F. The van der Waals surface area contributed by atoms with Gasteiger partial charge in [0.15, 0.2) is 0 Å². The summed E-state index contributed by atoms with van der Waals surface area (Å²) in [5.74, 6) is -0.283. The summed E-state index contributed by atoms with van der Waals surface area (Å²) in [7, 11) is 0. The van der Waals surface area contributed by atoms with E-state index in [-0.39, 0.29) is 5.82 Å². The average molecular weight is 244 g/mol. The van der Waals surface area contributed by atoms with Crippen LogP contribution in [0.3, 0.4) is 0 Å². The fraction of sp³-hybridized carbons (Fsp3) is 0.538. The van der Waals surface area contributed by atoms with Crippen molar-refractivity contribution in [3.05, 3.63) is 29.0 Å². The fourth-order valence-electron chi connectivity index (χ4n) is 1.64. The molecule has 0 heterocycles. The first kappa shape index (κ1) is 13.3. The van der Waals surface area contributed by atoms with Gasteiger partial charge in [0, 0.05) is 11.1 Å². The van der Waals surface area contributed by atoms with E-state index in [1.807, 2.05) is 0 Å². The van der Waals surface area contributed by atoms with Crippen molar-refractivity contribution in [1.29, 1.82) is 0 Å². The highest BCUT2D eigenvalue weighted by Gasteiger charge is 2.06. The molecule has 3 heteroatoms. The van der Waals surface area contributed by atoms with Crippen LogP contribution in [-0.4, -0.2) is 6.04 Å². The molecule has 16 heavy (non-hydrogen) atoms. The van der Waals surface area contributed by atoms with Gasteiger partial charge < -0.3 is 5.32 Å². The lowest BCUT2D eigenvalue weighted by Crippen LogP contribution is -2.15. The standard InChI is InChI=1S/C13H19ClFN/c1-3-4-5-6-10(2)16-13-8-7-11(14)9-12(13)15/h7-10,16H,3-6H2,1-2H3. The van der Waals surface area contributed by atoms with Crippen molar-refractivity contribution in [3.8, 4) is 0 Å². The maximum atomic E-state index is 13.5. The number of anilines is 1. The summed E-state index contributed by atoms with van der Waals surface area (Å²) >= 11 is 5.69. The predicted molar refractivity (Wildman–Crippen MR) is 68.6 cm³/mol. The Morgan fingerprint density at radius 1 is 1.38 bits per heavy atom. The molecule has 0 aromatic heterocycles. The van der Waals surface area contributed by atoms with E-state index in [0.29, 0.717) is 16.8 Å². The number of hydrogen-bond donors (Lipinski definition) is 1. The zero-order chi connectivity index (χ0) is 12.0. The number of benzene rings is 1. The largest absolute Gasteiger partial charge is 0.380 e. The van der Waals surface area contributed by atoms with E-state index in [1.165, 1.54) is 25.3 Å². The van der Waals surface area contributed by atoms with Gasteiger partial charge >= 0.3 is 0 Å². The van der Waals surface area contributed by atoms with Crippen molar-refractivity contribution in [2.24, 2.45) is 0 Å². The number of rotatable bonds is 6.